The van der Waals surface area contributed by atoms with Crippen molar-refractivity contribution in [1.29, 1.82) is 0 Å². The van der Waals surface area contributed by atoms with Gasteiger partial charge >= 0.3 is 0 Å². The third kappa shape index (κ3) is 4.08. The maximum absolute atomic E-state index is 10.4. The van der Waals surface area contributed by atoms with Gasteiger partial charge in [0.1, 0.15) is 0 Å². The lowest BCUT2D eigenvalue weighted by Crippen LogP contribution is -1.93. The smallest absolute Gasteiger partial charge is 0.269 e. The first kappa shape index (κ1) is 12.2. The molecule has 1 rings (SSSR count). The van der Waals surface area contributed by atoms with Crippen LogP contribution < -0.4 is 5.43 Å². The number of benzene rings is 1. The molecule has 86 valence electrons. The predicted molar refractivity (Wildman–Crippen MR) is 64.7 cm³/mol. The number of nitro groups is 1. The fourth-order valence-corrected chi connectivity index (χ4v) is 1.04. The van der Waals surface area contributed by atoms with Gasteiger partial charge in [-0.05, 0) is 24.5 Å². The quantitative estimate of drug-likeness (QED) is 0.472. The minimum Gasteiger partial charge on any atom is -0.279 e. The lowest BCUT2D eigenvalue weighted by molar-refractivity contribution is -0.384. The summed E-state index contributed by atoms with van der Waals surface area (Å²) in [6.07, 6.45) is 2.70. The van der Waals surface area contributed by atoms with Gasteiger partial charge in [0.15, 0.2) is 0 Å². The van der Waals surface area contributed by atoms with Gasteiger partial charge in [0, 0.05) is 18.3 Å². The summed E-state index contributed by atoms with van der Waals surface area (Å²) in [5, 5.41) is 14.4. The zero-order valence-corrected chi connectivity index (χ0v) is 9.38. The van der Waals surface area contributed by atoms with Crippen LogP contribution in [0.25, 0.3) is 0 Å². The Balaban J connectivity index is 2.49. The van der Waals surface area contributed by atoms with E-state index in [2.05, 4.69) is 24.4 Å². The molecule has 0 atom stereocenters. The Kier molecular flexibility index (Phi) is 4.44. The highest BCUT2D eigenvalue weighted by Gasteiger charge is 2.02. The first-order valence-electron chi connectivity index (χ1n) is 5.11. The number of hydrazone groups is 1. The van der Waals surface area contributed by atoms with Crippen molar-refractivity contribution < 1.29 is 4.92 Å². The minimum absolute atomic E-state index is 0.0803. The summed E-state index contributed by atoms with van der Waals surface area (Å²) in [4.78, 5) is 9.98. The second-order valence-electron chi connectivity index (χ2n) is 3.86. The van der Waals surface area contributed by atoms with Crippen LogP contribution in [0.1, 0.15) is 20.3 Å². The van der Waals surface area contributed by atoms with E-state index in [9.17, 15) is 10.1 Å². The molecule has 0 aliphatic heterocycles. The van der Waals surface area contributed by atoms with Crippen LogP contribution >= 0.6 is 0 Å². The summed E-state index contributed by atoms with van der Waals surface area (Å²) < 4.78 is 0. The Morgan fingerprint density at radius 3 is 2.56 bits per heavy atom. The molecule has 0 unspecified atom stereocenters. The first-order valence-corrected chi connectivity index (χ1v) is 5.11. The van der Waals surface area contributed by atoms with Crippen molar-refractivity contribution in [2.24, 2.45) is 11.0 Å². The maximum atomic E-state index is 10.4. The average Bonchev–Trinajstić information content (AvgIpc) is 2.25. The summed E-state index contributed by atoms with van der Waals surface area (Å²) in [5.74, 6) is 0.572. The lowest BCUT2D eigenvalue weighted by atomic mass is 10.2. The number of non-ortho nitro benzene ring substituents is 1. The molecule has 0 bridgehead atoms. The number of nitrogens with zero attached hydrogens (tertiary/aromatic N) is 2. The van der Waals surface area contributed by atoms with Crippen molar-refractivity contribution in [1.82, 2.24) is 0 Å². The number of nitro benzene ring substituents is 1. The molecule has 0 radical (unpaired) electrons. The first-order chi connectivity index (χ1) is 7.59. The molecule has 5 nitrogen and oxygen atoms in total. The molecule has 0 saturated heterocycles. The zero-order chi connectivity index (χ0) is 12.0. The summed E-state index contributed by atoms with van der Waals surface area (Å²) in [6.45, 7) is 4.22. The van der Waals surface area contributed by atoms with Gasteiger partial charge in [0.05, 0.1) is 10.6 Å². The Hall–Kier alpha value is -1.91. The SMILES string of the molecule is CC(C)C/C=N/Nc1ccc([N+](=O)[O-])cc1. The maximum Gasteiger partial charge on any atom is 0.269 e. The molecule has 0 amide bonds. The summed E-state index contributed by atoms with van der Waals surface area (Å²) in [5.41, 5.74) is 3.63. The minimum atomic E-state index is -0.425. The van der Waals surface area contributed by atoms with Gasteiger partial charge in [-0.2, -0.15) is 5.10 Å². The van der Waals surface area contributed by atoms with E-state index in [0.717, 1.165) is 12.1 Å². The van der Waals surface area contributed by atoms with Crippen LogP contribution in [0.2, 0.25) is 0 Å². The van der Waals surface area contributed by atoms with Crippen LogP contribution in [0.3, 0.4) is 0 Å². The Labute approximate surface area is 94.3 Å². The van der Waals surface area contributed by atoms with Gasteiger partial charge in [-0.15, -0.1) is 0 Å². The van der Waals surface area contributed by atoms with Crippen LogP contribution in [0.5, 0.6) is 0 Å². The molecule has 1 aromatic carbocycles. The number of rotatable bonds is 5. The monoisotopic (exact) mass is 221 g/mol. The van der Waals surface area contributed by atoms with E-state index in [1.165, 1.54) is 12.1 Å². The van der Waals surface area contributed by atoms with Gasteiger partial charge < -0.3 is 0 Å². The molecule has 0 heterocycles. The van der Waals surface area contributed by atoms with Crippen molar-refractivity contribution in [3.05, 3.63) is 34.4 Å². The lowest BCUT2D eigenvalue weighted by Gasteiger charge is -2.00. The summed E-state index contributed by atoms with van der Waals surface area (Å²) >= 11 is 0. The highest BCUT2D eigenvalue weighted by atomic mass is 16.6. The van der Waals surface area contributed by atoms with Crippen molar-refractivity contribution in [2.45, 2.75) is 20.3 Å². The Morgan fingerprint density at radius 2 is 2.06 bits per heavy atom. The van der Waals surface area contributed by atoms with E-state index < -0.39 is 4.92 Å². The highest BCUT2D eigenvalue weighted by Crippen LogP contribution is 2.15. The van der Waals surface area contributed by atoms with E-state index in [4.69, 9.17) is 0 Å². The van der Waals surface area contributed by atoms with E-state index >= 15 is 0 Å². The molecular formula is C11H15N3O2. The van der Waals surface area contributed by atoms with E-state index in [-0.39, 0.29) is 5.69 Å². The number of hydrogen-bond donors (Lipinski definition) is 1. The molecule has 0 saturated carbocycles. The van der Waals surface area contributed by atoms with Gasteiger partial charge in [-0.3, -0.25) is 15.5 Å². The van der Waals surface area contributed by atoms with Gasteiger partial charge in [0.2, 0.25) is 0 Å². The number of anilines is 1. The van der Waals surface area contributed by atoms with Gasteiger partial charge in [-0.25, -0.2) is 0 Å². The van der Waals surface area contributed by atoms with Gasteiger partial charge in [-0.1, -0.05) is 13.8 Å². The third-order valence-electron chi connectivity index (χ3n) is 1.94. The fourth-order valence-electron chi connectivity index (χ4n) is 1.04. The van der Waals surface area contributed by atoms with Crippen molar-refractivity contribution in [3.8, 4) is 0 Å². The van der Waals surface area contributed by atoms with E-state index in [1.54, 1.807) is 18.3 Å². The molecule has 0 aliphatic carbocycles. The van der Waals surface area contributed by atoms with E-state index in [0.29, 0.717) is 5.92 Å². The standard InChI is InChI=1S/C11H15N3O2/c1-9(2)7-8-12-13-10-3-5-11(6-4-10)14(15)16/h3-6,8-9,13H,7H2,1-2H3/b12-8+. The van der Waals surface area contributed by atoms with Crippen LogP contribution in [0, 0.1) is 16.0 Å². The molecule has 5 heteroatoms. The zero-order valence-electron chi connectivity index (χ0n) is 9.38. The summed E-state index contributed by atoms with van der Waals surface area (Å²) in [7, 11) is 0. The molecule has 0 fully saturated rings. The van der Waals surface area contributed by atoms with Crippen LogP contribution in [0.4, 0.5) is 11.4 Å². The normalized spacial score (nSPS) is 10.9. The molecular weight excluding hydrogens is 206 g/mol. The predicted octanol–water partition coefficient (Wildman–Crippen LogP) is 3.04. The molecule has 1 N–H and O–H groups in total. The largest absolute Gasteiger partial charge is 0.279 e. The topological polar surface area (TPSA) is 67.5 Å². The molecule has 0 spiro atoms. The van der Waals surface area contributed by atoms with Crippen molar-refractivity contribution >= 4 is 17.6 Å². The number of nitrogens with one attached hydrogen (secondary N) is 1. The highest BCUT2D eigenvalue weighted by molar-refractivity contribution is 5.60. The van der Waals surface area contributed by atoms with E-state index in [1.807, 2.05) is 0 Å². The Morgan fingerprint density at radius 1 is 1.44 bits per heavy atom. The molecule has 16 heavy (non-hydrogen) atoms. The second-order valence-corrected chi connectivity index (χ2v) is 3.86. The number of hydrogen-bond acceptors (Lipinski definition) is 4. The van der Waals surface area contributed by atoms with Crippen LogP contribution in [-0.4, -0.2) is 11.1 Å². The molecule has 0 aliphatic rings. The Bertz CT molecular complexity index is 371. The van der Waals surface area contributed by atoms with Crippen molar-refractivity contribution in [2.75, 3.05) is 5.43 Å². The fraction of sp³-hybridized carbons (Fsp3) is 0.364. The molecule has 0 aromatic heterocycles. The van der Waals surface area contributed by atoms with Gasteiger partial charge in [0.25, 0.3) is 5.69 Å². The third-order valence-corrected chi connectivity index (χ3v) is 1.94. The average molecular weight is 221 g/mol. The second kappa shape index (κ2) is 5.85. The summed E-state index contributed by atoms with van der Waals surface area (Å²) in [6, 6.07) is 6.15. The van der Waals surface area contributed by atoms with Crippen molar-refractivity contribution in [3.63, 3.8) is 0 Å². The molecule has 1 aromatic rings. The van der Waals surface area contributed by atoms with Crippen LogP contribution in [-0.2, 0) is 0 Å². The van der Waals surface area contributed by atoms with Crippen LogP contribution in [0.15, 0.2) is 29.4 Å².